The molecule has 9 nitrogen and oxygen atoms in total. The Morgan fingerprint density at radius 3 is 1.58 bits per heavy atom. The first-order valence-corrected chi connectivity index (χ1v) is 22.9. The van der Waals surface area contributed by atoms with Crippen LogP contribution in [0.2, 0.25) is 0 Å². The molecular weight excluding hydrogens is 713 g/mol. The minimum atomic E-state index is -4.40. The number of rotatable bonds is 39. The van der Waals surface area contributed by atoms with Crippen molar-refractivity contribution in [1.29, 1.82) is 0 Å². The van der Waals surface area contributed by atoms with Crippen LogP contribution >= 0.6 is 7.82 Å². The number of carbonyl (C=O) groups excluding carboxylic acids is 2. The molecule has 0 spiro atoms. The number of unbranched alkanes of at least 4 members (excludes halogenated alkanes) is 14. The molecule has 0 amide bonds. The van der Waals surface area contributed by atoms with Crippen molar-refractivity contribution in [2.45, 2.75) is 174 Å². The average molecular weight is 792 g/mol. The van der Waals surface area contributed by atoms with Gasteiger partial charge in [-0.25, -0.2) is 4.57 Å². The van der Waals surface area contributed by atoms with Crippen molar-refractivity contribution in [2.24, 2.45) is 5.73 Å². The van der Waals surface area contributed by atoms with E-state index in [4.69, 9.17) is 24.3 Å². The van der Waals surface area contributed by atoms with Crippen LogP contribution in [0.25, 0.3) is 0 Å². The number of phosphoric acid groups is 1. The zero-order valence-electron chi connectivity index (χ0n) is 34.6. The van der Waals surface area contributed by atoms with E-state index in [-0.39, 0.29) is 32.6 Å². The molecule has 3 N–H and O–H groups in total. The Balaban J connectivity index is 4.27. The largest absolute Gasteiger partial charge is 0.472 e. The number of hydrogen-bond acceptors (Lipinski definition) is 8. The second-order valence-electron chi connectivity index (χ2n) is 13.8. The fourth-order valence-electron chi connectivity index (χ4n) is 5.44. The van der Waals surface area contributed by atoms with Crippen LogP contribution < -0.4 is 5.73 Å². The maximum absolute atomic E-state index is 12.5. The van der Waals surface area contributed by atoms with E-state index in [0.29, 0.717) is 12.8 Å². The molecule has 0 radical (unpaired) electrons. The van der Waals surface area contributed by atoms with Crippen molar-refractivity contribution in [3.63, 3.8) is 0 Å². The lowest BCUT2D eigenvalue weighted by Gasteiger charge is -2.19. The zero-order valence-corrected chi connectivity index (χ0v) is 35.5. The molecule has 10 heteroatoms. The van der Waals surface area contributed by atoms with Gasteiger partial charge in [-0.2, -0.15) is 0 Å². The van der Waals surface area contributed by atoms with Gasteiger partial charge < -0.3 is 20.1 Å². The summed E-state index contributed by atoms with van der Waals surface area (Å²) in [6.45, 7) is 3.52. The molecule has 2 atom stereocenters. The number of allylic oxidation sites excluding steroid dienone is 12. The van der Waals surface area contributed by atoms with Gasteiger partial charge in [-0.05, 0) is 70.6 Å². The van der Waals surface area contributed by atoms with Crippen LogP contribution in [0.1, 0.15) is 168 Å². The second-order valence-corrected chi connectivity index (χ2v) is 15.3. The Bertz CT molecular complexity index is 1130. The number of ether oxygens (including phenoxy) is 2. The highest BCUT2D eigenvalue weighted by atomic mass is 31.2. The molecule has 0 saturated carbocycles. The summed E-state index contributed by atoms with van der Waals surface area (Å²) < 4.78 is 32.7. The molecule has 0 aliphatic rings. The molecule has 0 rings (SSSR count). The molecule has 0 heterocycles. The van der Waals surface area contributed by atoms with E-state index in [9.17, 15) is 19.0 Å². The van der Waals surface area contributed by atoms with Gasteiger partial charge in [0.2, 0.25) is 0 Å². The topological polar surface area (TPSA) is 134 Å². The van der Waals surface area contributed by atoms with Crippen LogP contribution in [-0.4, -0.2) is 49.3 Å². The van der Waals surface area contributed by atoms with E-state index < -0.39 is 32.5 Å². The lowest BCUT2D eigenvalue weighted by atomic mass is 10.1. The number of phosphoric ester groups is 1. The van der Waals surface area contributed by atoms with Crippen LogP contribution in [0.15, 0.2) is 72.9 Å². The molecule has 0 aromatic rings. The molecule has 0 fully saturated rings. The van der Waals surface area contributed by atoms with Crippen LogP contribution in [0, 0.1) is 0 Å². The van der Waals surface area contributed by atoms with Gasteiger partial charge in [-0.1, -0.05) is 157 Å². The lowest BCUT2D eigenvalue weighted by molar-refractivity contribution is -0.161. The third-order valence-electron chi connectivity index (χ3n) is 8.59. The van der Waals surface area contributed by atoms with Crippen LogP contribution in [0.3, 0.4) is 0 Å². The summed E-state index contributed by atoms with van der Waals surface area (Å²) >= 11 is 0. The summed E-state index contributed by atoms with van der Waals surface area (Å²) in [7, 11) is -4.40. The van der Waals surface area contributed by atoms with E-state index in [1.807, 2.05) is 6.08 Å². The molecule has 55 heavy (non-hydrogen) atoms. The smallest absolute Gasteiger partial charge is 0.462 e. The highest BCUT2D eigenvalue weighted by molar-refractivity contribution is 7.47. The molecular formula is C45H78NO8P. The van der Waals surface area contributed by atoms with Crippen molar-refractivity contribution < 1.29 is 37.6 Å². The fraction of sp³-hybridized carbons (Fsp3) is 0.689. The van der Waals surface area contributed by atoms with Crippen LogP contribution in [-0.2, 0) is 32.7 Å². The summed E-state index contributed by atoms with van der Waals surface area (Å²) in [6.07, 6.45) is 49.5. The molecule has 0 aromatic heterocycles. The Labute approximate surface area is 335 Å². The van der Waals surface area contributed by atoms with E-state index in [1.165, 1.54) is 64.2 Å². The Hall–Kier alpha value is -2.55. The maximum atomic E-state index is 12.5. The molecule has 0 aromatic carbocycles. The van der Waals surface area contributed by atoms with Gasteiger partial charge in [0, 0.05) is 19.4 Å². The van der Waals surface area contributed by atoms with Gasteiger partial charge in [0.05, 0.1) is 13.2 Å². The van der Waals surface area contributed by atoms with Crippen LogP contribution in [0.4, 0.5) is 0 Å². The monoisotopic (exact) mass is 792 g/mol. The van der Waals surface area contributed by atoms with E-state index in [1.54, 1.807) is 0 Å². The Kier molecular flexibility index (Phi) is 39.2. The predicted molar refractivity (Wildman–Crippen MR) is 229 cm³/mol. The third kappa shape index (κ3) is 40.9. The van der Waals surface area contributed by atoms with Gasteiger partial charge in [0.15, 0.2) is 6.10 Å². The number of nitrogens with two attached hydrogens (primary N) is 1. The summed E-state index contributed by atoms with van der Waals surface area (Å²) in [4.78, 5) is 34.8. The second kappa shape index (κ2) is 41.1. The quantitative estimate of drug-likeness (QED) is 0.0270. The summed E-state index contributed by atoms with van der Waals surface area (Å²) in [5.41, 5.74) is 5.34. The number of esters is 2. The summed E-state index contributed by atoms with van der Waals surface area (Å²) in [5.74, 6) is -0.928. The first-order chi connectivity index (χ1) is 26.8. The highest BCUT2D eigenvalue weighted by Gasteiger charge is 2.25. The predicted octanol–water partition coefficient (Wildman–Crippen LogP) is 12.3. The zero-order chi connectivity index (χ0) is 40.3. The van der Waals surface area contributed by atoms with Crippen molar-refractivity contribution in [3.8, 4) is 0 Å². The molecule has 0 aliphatic carbocycles. The summed E-state index contributed by atoms with van der Waals surface area (Å²) in [6, 6.07) is 0. The third-order valence-corrected chi connectivity index (χ3v) is 9.57. The Morgan fingerprint density at radius 2 is 1.04 bits per heavy atom. The van der Waals surface area contributed by atoms with Crippen molar-refractivity contribution in [2.75, 3.05) is 26.4 Å². The van der Waals surface area contributed by atoms with Gasteiger partial charge in [0.25, 0.3) is 0 Å². The van der Waals surface area contributed by atoms with Crippen molar-refractivity contribution in [3.05, 3.63) is 72.9 Å². The van der Waals surface area contributed by atoms with E-state index in [2.05, 4.69) is 80.7 Å². The first-order valence-electron chi connectivity index (χ1n) is 21.4. The first kappa shape index (κ1) is 52.5. The average Bonchev–Trinajstić information content (AvgIpc) is 3.17. The highest BCUT2D eigenvalue weighted by Crippen LogP contribution is 2.43. The maximum Gasteiger partial charge on any atom is 0.472 e. The molecule has 316 valence electrons. The molecule has 0 saturated heterocycles. The minimum absolute atomic E-state index is 0.0407. The molecule has 0 aliphatic heterocycles. The molecule has 0 bridgehead atoms. The van der Waals surface area contributed by atoms with E-state index >= 15 is 0 Å². The number of hydrogen-bond donors (Lipinski definition) is 2. The van der Waals surface area contributed by atoms with Gasteiger partial charge in [-0.3, -0.25) is 18.6 Å². The van der Waals surface area contributed by atoms with Crippen molar-refractivity contribution in [1.82, 2.24) is 0 Å². The Morgan fingerprint density at radius 1 is 0.564 bits per heavy atom. The summed E-state index contributed by atoms with van der Waals surface area (Å²) in [5, 5.41) is 0. The number of carbonyl (C=O) groups is 2. The van der Waals surface area contributed by atoms with Gasteiger partial charge in [-0.15, -0.1) is 0 Å². The van der Waals surface area contributed by atoms with Crippen LogP contribution in [0.5, 0.6) is 0 Å². The minimum Gasteiger partial charge on any atom is -0.462 e. The standard InChI is InChI=1S/C45H78NO8P/c1-3-5-7-9-11-13-15-17-19-20-21-22-24-25-27-29-31-33-35-37-44(47)51-41-43(42-53-55(49,50)52-40-39-46)54-45(48)38-36-34-32-30-28-26-23-18-16-14-12-10-8-6-4-2/h5,7,11,13,17,19,21-22,25,27,32,34,43H,3-4,6,8-10,12,14-16,18,20,23-24,26,28-31,33,35-42,46H2,1-2H3,(H,49,50)/b7-5+,13-11+,19-17+,22-21+,27-25+,34-32+/t43-/m1/s1. The SMILES string of the molecule is CC/C=C/C/C=C/C/C=C/C/C=C/C/C=C/CCCCCC(=O)OC[C@H](COP(=O)(O)OCCN)OC(=O)CC/C=C/CCCCCCCCCCCCC. The van der Waals surface area contributed by atoms with Crippen molar-refractivity contribution >= 4 is 19.8 Å². The van der Waals surface area contributed by atoms with E-state index in [0.717, 1.165) is 64.2 Å². The van der Waals surface area contributed by atoms with Gasteiger partial charge >= 0.3 is 19.8 Å². The lowest BCUT2D eigenvalue weighted by Crippen LogP contribution is -2.29. The van der Waals surface area contributed by atoms with Gasteiger partial charge in [0.1, 0.15) is 6.61 Å². The fourth-order valence-corrected chi connectivity index (χ4v) is 6.21. The normalized spacial score (nSPS) is 14.0. The molecule has 1 unspecified atom stereocenters.